The first-order valence-corrected chi connectivity index (χ1v) is 0. The van der Waals surface area contributed by atoms with Gasteiger partial charge in [-0.05, 0) is 0 Å². The van der Waals surface area contributed by atoms with Crippen LogP contribution in [0.3, 0.4) is 0 Å². The maximum absolute atomic E-state index is 0. The summed E-state index contributed by atoms with van der Waals surface area (Å²) >= 11 is 0. The third-order valence-corrected chi connectivity index (χ3v) is 0. The molecule has 0 radical (unpaired) electrons. The Hall–Kier alpha value is 1.71. The van der Waals surface area contributed by atoms with E-state index in [1.807, 2.05) is 0 Å². The van der Waals surface area contributed by atoms with Gasteiger partial charge in [-0.1, -0.05) is 0 Å². The van der Waals surface area contributed by atoms with Crippen LogP contribution in [0.15, 0.2) is 0 Å². The van der Waals surface area contributed by atoms with Gasteiger partial charge in [-0.25, -0.2) is 0 Å². The minimum absolute atomic E-state index is 0. The molecule has 0 rings (SSSR count). The quantitative estimate of drug-likeness (QED) is 0.489. The van der Waals surface area contributed by atoms with Gasteiger partial charge in [0.2, 0.25) is 0 Å². The van der Waals surface area contributed by atoms with Gasteiger partial charge in [-0.2, -0.15) is 0 Å². The third kappa shape index (κ3) is 9.31. The topological polar surface area (TPSA) is 57.0 Å². The molecule has 0 saturated heterocycles. The molecule has 0 aliphatic heterocycles. The Kier molecular flexibility index (Phi) is 240. The number of hydrogen-bond acceptors (Lipinski definition) is 0. The molecule has 2 nitrogen and oxygen atoms in total. The average molecular weight is 451 g/mol. The molecular weight excluding hydrogens is 451 g/mol. The molecule has 0 unspecified atom stereocenters. The summed E-state index contributed by atoms with van der Waals surface area (Å²) in [5, 5.41) is 0. The van der Waals surface area contributed by atoms with Crippen LogP contribution in [0.2, 0.25) is 0 Å². The second kappa shape index (κ2) is 22.2. The van der Waals surface area contributed by atoms with Crippen molar-refractivity contribution in [3.05, 3.63) is 0 Å². The zero-order valence-corrected chi connectivity index (χ0v) is 9.14. The molecule has 20 valence electrons. The largest absolute Gasteiger partial charge is 5.00 e. The van der Waals surface area contributed by atoms with Crippen molar-refractivity contribution in [2.45, 2.75) is 0 Å². The summed E-state index contributed by atoms with van der Waals surface area (Å²) in [5.41, 5.74) is 0. The molecule has 0 aromatic carbocycles. The van der Waals surface area contributed by atoms with Crippen LogP contribution in [-0.4, -0.2) is 0 Å². The van der Waals surface area contributed by atoms with Gasteiger partial charge in [0.1, 0.15) is 0 Å². The molecule has 0 amide bonds. The fourth-order valence-electron chi connectivity index (χ4n) is 0. The van der Waals surface area contributed by atoms with Crippen LogP contribution >= 0.6 is 0 Å². The Morgan fingerprint density at radius 1 is 0.750 bits per heavy atom. The molecule has 0 aromatic rings. The van der Waals surface area contributed by atoms with Crippen LogP contribution in [0.25, 0.3) is 0 Å². The predicted molar refractivity (Wildman–Crippen MR) is 1.37 cm³/mol. The van der Waals surface area contributed by atoms with E-state index in [1.54, 1.807) is 0 Å². The van der Waals surface area contributed by atoms with E-state index in [-0.39, 0.29) is 64.4 Å². The SMILES string of the molecule is [O-2].[O-2].[Ta+5].[U]. The summed E-state index contributed by atoms with van der Waals surface area (Å²) in [6, 6.07) is 0. The summed E-state index contributed by atoms with van der Waals surface area (Å²) in [6.45, 7) is 0. The molecule has 0 atom stereocenters. The van der Waals surface area contributed by atoms with Gasteiger partial charge < -0.3 is 11.0 Å². The minimum atomic E-state index is 0. The summed E-state index contributed by atoms with van der Waals surface area (Å²) in [5.74, 6) is 0. The van der Waals surface area contributed by atoms with Crippen molar-refractivity contribution in [1.82, 2.24) is 0 Å². The normalized spacial score (nSPS) is 0. The van der Waals surface area contributed by atoms with Gasteiger partial charge in [-0.3, -0.25) is 0 Å². The van der Waals surface area contributed by atoms with E-state index in [0.717, 1.165) is 0 Å². The zero-order chi connectivity index (χ0) is 0. The molecule has 0 N–H and O–H groups in total. The van der Waals surface area contributed by atoms with Gasteiger partial charge in [0.15, 0.2) is 0 Å². The Bertz CT molecular complexity index is 6.00. The van der Waals surface area contributed by atoms with E-state index in [0.29, 0.717) is 0 Å². The van der Waals surface area contributed by atoms with Crippen LogP contribution in [0, 0.1) is 31.1 Å². The second-order valence-electron chi connectivity index (χ2n) is 0. The zero-order valence-electron chi connectivity index (χ0n) is 1.76. The second-order valence-corrected chi connectivity index (χ2v) is 0. The van der Waals surface area contributed by atoms with Gasteiger partial charge in [0, 0.05) is 31.1 Å². The van der Waals surface area contributed by atoms with Gasteiger partial charge >= 0.3 is 22.4 Å². The van der Waals surface area contributed by atoms with Crippen molar-refractivity contribution >= 4 is 0 Å². The molecule has 0 spiro atoms. The van der Waals surface area contributed by atoms with E-state index in [9.17, 15) is 0 Å². The number of rotatable bonds is 0. The van der Waals surface area contributed by atoms with Gasteiger partial charge in [0.05, 0.1) is 0 Å². The van der Waals surface area contributed by atoms with Gasteiger partial charge in [-0.15, -0.1) is 0 Å². The summed E-state index contributed by atoms with van der Waals surface area (Å²) in [6.07, 6.45) is 0. The van der Waals surface area contributed by atoms with Crippen molar-refractivity contribution in [2.24, 2.45) is 0 Å². The van der Waals surface area contributed by atoms with Crippen molar-refractivity contribution in [1.29, 1.82) is 0 Å². The predicted octanol–water partition coefficient (Wildman–Crippen LogP) is -0.240. The Morgan fingerprint density at radius 3 is 0.750 bits per heavy atom. The molecular formula is O2TaU+. The Morgan fingerprint density at radius 2 is 0.750 bits per heavy atom. The van der Waals surface area contributed by atoms with Crippen molar-refractivity contribution in [3.63, 3.8) is 0 Å². The fourth-order valence-corrected chi connectivity index (χ4v) is 0. The maximum atomic E-state index is 0. The molecule has 4 heteroatoms. The monoisotopic (exact) mass is 451 g/mol. The van der Waals surface area contributed by atoms with E-state index in [2.05, 4.69) is 0 Å². The molecule has 0 heterocycles. The average Bonchev–Trinajstić information content (AvgIpc) is 0. The van der Waals surface area contributed by atoms with Crippen LogP contribution in [0.4, 0.5) is 0 Å². The molecule has 0 aromatic heterocycles. The van der Waals surface area contributed by atoms with Crippen LogP contribution in [0.1, 0.15) is 0 Å². The van der Waals surface area contributed by atoms with E-state index in [4.69, 9.17) is 0 Å². The van der Waals surface area contributed by atoms with Crippen molar-refractivity contribution in [2.75, 3.05) is 0 Å². The first-order valence-electron chi connectivity index (χ1n) is 0. The van der Waals surface area contributed by atoms with Crippen molar-refractivity contribution in [3.8, 4) is 0 Å². The van der Waals surface area contributed by atoms with E-state index < -0.39 is 0 Å². The summed E-state index contributed by atoms with van der Waals surface area (Å²) in [7, 11) is 0. The maximum Gasteiger partial charge on any atom is 5.00 e. The fraction of sp³-hybridized carbons (Fsp3) is 0. The van der Waals surface area contributed by atoms with Crippen LogP contribution in [-0.2, 0) is 33.3 Å². The molecule has 0 fully saturated rings. The summed E-state index contributed by atoms with van der Waals surface area (Å²) in [4.78, 5) is 0. The molecule has 0 saturated carbocycles. The summed E-state index contributed by atoms with van der Waals surface area (Å²) < 4.78 is 0. The Labute approximate surface area is 63.8 Å². The molecule has 0 aliphatic carbocycles. The smallest absolute Gasteiger partial charge is 2.00 e. The first-order chi connectivity index (χ1) is 0. The standard InChI is InChI=1S/2O.Ta.U/q2*-2;+5;. The van der Waals surface area contributed by atoms with E-state index >= 15 is 0 Å². The number of hydrogen-bond donors (Lipinski definition) is 0. The third-order valence-electron chi connectivity index (χ3n) is 0. The first kappa shape index (κ1) is 43.3. The van der Waals surface area contributed by atoms with Crippen molar-refractivity contribution < 1.29 is 64.4 Å². The molecule has 0 aliphatic rings. The van der Waals surface area contributed by atoms with Gasteiger partial charge in [0.25, 0.3) is 0 Å². The molecule has 4 heavy (non-hydrogen) atoms. The van der Waals surface area contributed by atoms with Crippen LogP contribution in [0.5, 0.6) is 0 Å². The minimum Gasteiger partial charge on any atom is -2.00 e. The van der Waals surface area contributed by atoms with Crippen LogP contribution < -0.4 is 0 Å². The molecule has 0 bridgehead atoms. The Balaban J connectivity index is 0. The van der Waals surface area contributed by atoms with E-state index in [1.165, 1.54) is 0 Å².